The molecular formula is C21H24N2O5. The zero-order chi connectivity index (χ0) is 20.2. The molecular weight excluding hydrogens is 360 g/mol. The molecule has 2 aromatic carbocycles. The Balaban J connectivity index is 1.83. The van der Waals surface area contributed by atoms with E-state index >= 15 is 0 Å². The molecule has 2 rings (SSSR count). The molecule has 0 heterocycles. The quantitative estimate of drug-likeness (QED) is 0.599. The van der Waals surface area contributed by atoms with Crippen molar-refractivity contribution in [2.45, 2.75) is 12.8 Å². The zero-order valence-corrected chi connectivity index (χ0v) is 16.1. The van der Waals surface area contributed by atoms with Gasteiger partial charge < -0.3 is 24.3 Å². The number of methoxy groups -OCH3 is 2. The van der Waals surface area contributed by atoms with Gasteiger partial charge in [0.2, 0.25) is 5.91 Å². The van der Waals surface area contributed by atoms with Crippen LogP contribution in [0.5, 0.6) is 23.0 Å². The number of ether oxygens (including phenoxy) is 4. The van der Waals surface area contributed by atoms with Crippen molar-refractivity contribution in [3.8, 4) is 29.1 Å². The molecule has 0 fully saturated rings. The molecule has 0 spiro atoms. The van der Waals surface area contributed by atoms with E-state index in [0.717, 1.165) is 5.56 Å². The molecule has 1 amide bonds. The van der Waals surface area contributed by atoms with Crippen LogP contribution in [-0.4, -0.2) is 39.9 Å². The molecule has 0 aromatic heterocycles. The Morgan fingerprint density at radius 1 is 0.964 bits per heavy atom. The van der Waals surface area contributed by atoms with E-state index in [9.17, 15) is 4.79 Å². The van der Waals surface area contributed by atoms with E-state index < -0.39 is 0 Å². The van der Waals surface area contributed by atoms with Crippen molar-refractivity contribution in [1.29, 1.82) is 5.26 Å². The van der Waals surface area contributed by atoms with Crippen LogP contribution in [0.4, 0.5) is 0 Å². The maximum atomic E-state index is 11.3. The SMILES string of the molecule is COc1ccccc1OCCOc1ccc(CCNC(=O)CC#N)cc1OC. The normalized spacial score (nSPS) is 9.89. The van der Waals surface area contributed by atoms with Gasteiger partial charge in [-0.2, -0.15) is 5.26 Å². The molecule has 0 unspecified atom stereocenters. The van der Waals surface area contributed by atoms with E-state index in [1.54, 1.807) is 14.2 Å². The van der Waals surface area contributed by atoms with Crippen molar-refractivity contribution in [2.75, 3.05) is 34.0 Å². The number of hydrogen-bond donors (Lipinski definition) is 1. The Hall–Kier alpha value is -3.40. The third kappa shape index (κ3) is 6.40. The molecule has 148 valence electrons. The van der Waals surface area contributed by atoms with E-state index in [4.69, 9.17) is 24.2 Å². The summed E-state index contributed by atoms with van der Waals surface area (Å²) in [7, 11) is 3.17. The molecule has 0 aliphatic heterocycles. The number of hydrogen-bond acceptors (Lipinski definition) is 6. The van der Waals surface area contributed by atoms with Gasteiger partial charge in [-0.05, 0) is 36.2 Å². The van der Waals surface area contributed by atoms with Gasteiger partial charge >= 0.3 is 0 Å². The van der Waals surface area contributed by atoms with Crippen LogP contribution >= 0.6 is 0 Å². The molecule has 0 atom stereocenters. The summed E-state index contributed by atoms with van der Waals surface area (Å²) in [6, 6.07) is 14.9. The number of benzene rings is 2. The van der Waals surface area contributed by atoms with Gasteiger partial charge in [0.05, 0.1) is 20.3 Å². The minimum atomic E-state index is -0.274. The first-order valence-electron chi connectivity index (χ1n) is 8.87. The predicted octanol–water partition coefficient (Wildman–Crippen LogP) is 2.73. The number of carbonyl (C=O) groups excluding carboxylic acids is 1. The summed E-state index contributed by atoms with van der Waals surface area (Å²) in [5, 5.41) is 11.2. The van der Waals surface area contributed by atoms with Crippen molar-refractivity contribution >= 4 is 5.91 Å². The maximum Gasteiger partial charge on any atom is 0.234 e. The topological polar surface area (TPSA) is 89.8 Å². The van der Waals surface area contributed by atoms with E-state index in [2.05, 4.69) is 5.32 Å². The van der Waals surface area contributed by atoms with Gasteiger partial charge in [0.15, 0.2) is 23.0 Å². The molecule has 0 saturated carbocycles. The van der Waals surface area contributed by atoms with Gasteiger partial charge in [-0.3, -0.25) is 4.79 Å². The number of carbonyl (C=O) groups is 1. The summed E-state index contributed by atoms with van der Waals surface area (Å²) in [4.78, 5) is 11.3. The van der Waals surface area contributed by atoms with E-state index in [0.29, 0.717) is 49.2 Å². The highest BCUT2D eigenvalue weighted by molar-refractivity contribution is 5.77. The molecule has 0 saturated heterocycles. The molecule has 0 radical (unpaired) electrons. The second kappa shape index (κ2) is 11.3. The third-order valence-electron chi connectivity index (χ3n) is 3.87. The highest BCUT2D eigenvalue weighted by Gasteiger charge is 2.08. The van der Waals surface area contributed by atoms with E-state index in [1.165, 1.54) is 0 Å². The molecule has 1 N–H and O–H groups in total. The lowest BCUT2D eigenvalue weighted by molar-refractivity contribution is -0.120. The first-order chi connectivity index (χ1) is 13.7. The number of rotatable bonds is 11. The monoisotopic (exact) mass is 384 g/mol. The number of nitrogens with zero attached hydrogens (tertiary/aromatic N) is 1. The van der Waals surface area contributed by atoms with Gasteiger partial charge in [-0.15, -0.1) is 0 Å². The Labute approximate surface area is 164 Å². The van der Waals surface area contributed by atoms with Crippen LogP contribution in [0.2, 0.25) is 0 Å². The summed E-state index contributed by atoms with van der Waals surface area (Å²) in [5.74, 6) is 2.28. The maximum absolute atomic E-state index is 11.3. The van der Waals surface area contributed by atoms with Crippen molar-refractivity contribution < 1.29 is 23.7 Å². The number of nitrogens with one attached hydrogen (secondary N) is 1. The minimum absolute atomic E-state index is 0.132. The van der Waals surface area contributed by atoms with Crippen LogP contribution in [0, 0.1) is 11.3 Å². The van der Waals surface area contributed by atoms with Gasteiger partial charge in [0, 0.05) is 6.54 Å². The Kier molecular flexibility index (Phi) is 8.47. The molecule has 2 aromatic rings. The molecule has 28 heavy (non-hydrogen) atoms. The lowest BCUT2D eigenvalue weighted by Gasteiger charge is -2.14. The molecule has 7 nitrogen and oxygen atoms in total. The van der Waals surface area contributed by atoms with Crippen molar-refractivity contribution in [2.24, 2.45) is 0 Å². The predicted molar refractivity (Wildman–Crippen MR) is 104 cm³/mol. The number of nitriles is 1. The van der Waals surface area contributed by atoms with Crippen LogP contribution in [0.1, 0.15) is 12.0 Å². The number of para-hydroxylation sites is 2. The lowest BCUT2D eigenvalue weighted by Crippen LogP contribution is -2.24. The molecule has 0 aliphatic rings. The zero-order valence-electron chi connectivity index (χ0n) is 16.1. The van der Waals surface area contributed by atoms with E-state index in [1.807, 2.05) is 48.5 Å². The fourth-order valence-electron chi connectivity index (χ4n) is 2.51. The summed E-state index contributed by atoms with van der Waals surface area (Å²) < 4.78 is 22.1. The molecule has 0 aliphatic carbocycles. The highest BCUT2D eigenvalue weighted by atomic mass is 16.5. The van der Waals surface area contributed by atoms with Gasteiger partial charge in [-0.1, -0.05) is 18.2 Å². The average molecular weight is 384 g/mol. The largest absolute Gasteiger partial charge is 0.493 e. The van der Waals surface area contributed by atoms with Crippen molar-refractivity contribution in [1.82, 2.24) is 5.32 Å². The van der Waals surface area contributed by atoms with Gasteiger partial charge in [0.1, 0.15) is 19.6 Å². The van der Waals surface area contributed by atoms with Crippen LogP contribution < -0.4 is 24.3 Å². The summed E-state index contributed by atoms with van der Waals surface area (Å²) in [5.41, 5.74) is 0.992. The summed E-state index contributed by atoms with van der Waals surface area (Å²) >= 11 is 0. The first-order valence-corrected chi connectivity index (χ1v) is 8.87. The van der Waals surface area contributed by atoms with E-state index in [-0.39, 0.29) is 12.3 Å². The second-order valence-corrected chi connectivity index (χ2v) is 5.77. The smallest absolute Gasteiger partial charge is 0.234 e. The van der Waals surface area contributed by atoms with Crippen LogP contribution in [0.15, 0.2) is 42.5 Å². The fourth-order valence-corrected chi connectivity index (χ4v) is 2.51. The Bertz CT molecular complexity index is 817. The van der Waals surface area contributed by atoms with Crippen LogP contribution in [0.25, 0.3) is 0 Å². The molecule has 0 bridgehead atoms. The van der Waals surface area contributed by atoms with Crippen LogP contribution in [0.3, 0.4) is 0 Å². The fraction of sp³-hybridized carbons (Fsp3) is 0.333. The standard InChI is InChI=1S/C21H24N2O5/c1-25-17-5-3-4-6-18(17)27-13-14-28-19-8-7-16(15-20(19)26-2)10-12-23-21(24)9-11-22/h3-8,15H,9-10,12-14H2,1-2H3,(H,23,24). The minimum Gasteiger partial charge on any atom is -0.493 e. The summed E-state index contributed by atoms with van der Waals surface area (Å²) in [6.45, 7) is 1.16. The van der Waals surface area contributed by atoms with Crippen LogP contribution in [-0.2, 0) is 11.2 Å². The number of amides is 1. The third-order valence-corrected chi connectivity index (χ3v) is 3.87. The highest BCUT2D eigenvalue weighted by Crippen LogP contribution is 2.29. The second-order valence-electron chi connectivity index (χ2n) is 5.77. The first kappa shape index (κ1) is 20.9. The summed E-state index contributed by atoms with van der Waals surface area (Å²) in [6.07, 6.45) is 0.498. The molecule has 7 heteroatoms. The Morgan fingerprint density at radius 3 is 2.25 bits per heavy atom. The van der Waals surface area contributed by atoms with Gasteiger partial charge in [-0.25, -0.2) is 0 Å². The van der Waals surface area contributed by atoms with Gasteiger partial charge in [0.25, 0.3) is 0 Å². The lowest BCUT2D eigenvalue weighted by atomic mass is 10.1. The van der Waals surface area contributed by atoms with Crippen molar-refractivity contribution in [3.63, 3.8) is 0 Å². The van der Waals surface area contributed by atoms with Crippen molar-refractivity contribution in [3.05, 3.63) is 48.0 Å². The average Bonchev–Trinajstić information content (AvgIpc) is 2.72. The Morgan fingerprint density at radius 2 is 1.61 bits per heavy atom.